The molecule has 68 valence electrons. The molecule has 0 rings (SSSR count). The van der Waals surface area contributed by atoms with E-state index < -0.39 is 19.6 Å². The van der Waals surface area contributed by atoms with E-state index in [2.05, 4.69) is 15.9 Å². The minimum atomic E-state index is -3.25. The van der Waals surface area contributed by atoms with Crippen molar-refractivity contribution in [1.82, 2.24) is 0 Å². The lowest BCUT2D eigenvalue weighted by Gasteiger charge is -2.26. The highest BCUT2D eigenvalue weighted by Gasteiger charge is 2.40. The zero-order chi connectivity index (χ0) is 9.28. The molecule has 0 spiro atoms. The molecular weight excluding hydrogens is 232 g/mol. The molecule has 0 radical (unpaired) electrons. The van der Waals surface area contributed by atoms with E-state index >= 15 is 0 Å². The number of sulfone groups is 1. The molecule has 0 bridgehead atoms. The summed E-state index contributed by atoms with van der Waals surface area (Å²) >= 11 is 3.03. The SMILES string of the molecule is CC[C@@](Br)([C@H](C)O)S(C)(=O)=O. The highest BCUT2D eigenvalue weighted by molar-refractivity contribution is 9.11. The fourth-order valence-corrected chi connectivity index (χ4v) is 2.01. The fourth-order valence-electron chi connectivity index (χ4n) is 0.867. The zero-order valence-electron chi connectivity index (χ0n) is 6.83. The fraction of sp³-hybridized carbons (Fsp3) is 1.00. The molecule has 0 aliphatic carbocycles. The lowest BCUT2D eigenvalue weighted by atomic mass is 10.2. The summed E-state index contributed by atoms with van der Waals surface area (Å²) in [6.07, 6.45) is 0.559. The van der Waals surface area contributed by atoms with Crippen molar-refractivity contribution in [3.05, 3.63) is 0 Å². The van der Waals surface area contributed by atoms with Gasteiger partial charge in [-0.15, -0.1) is 0 Å². The molecule has 0 amide bonds. The van der Waals surface area contributed by atoms with Crippen LogP contribution in [0.2, 0.25) is 0 Å². The summed E-state index contributed by atoms with van der Waals surface area (Å²) in [6, 6.07) is 0. The lowest BCUT2D eigenvalue weighted by molar-refractivity contribution is 0.177. The summed E-state index contributed by atoms with van der Waals surface area (Å²) in [7, 11) is -3.25. The van der Waals surface area contributed by atoms with Crippen LogP contribution < -0.4 is 0 Å². The first kappa shape index (κ1) is 11.4. The summed E-state index contributed by atoms with van der Waals surface area (Å²) in [6.45, 7) is 3.17. The molecule has 0 aliphatic heterocycles. The molecule has 0 aliphatic rings. The van der Waals surface area contributed by atoms with Crippen LogP contribution in [-0.2, 0) is 9.84 Å². The molecule has 11 heavy (non-hydrogen) atoms. The average Bonchev–Trinajstić information content (AvgIpc) is 1.83. The number of rotatable bonds is 3. The molecular formula is C6H13BrO3S. The Hall–Kier alpha value is 0.390. The van der Waals surface area contributed by atoms with Gasteiger partial charge in [-0.1, -0.05) is 22.9 Å². The van der Waals surface area contributed by atoms with E-state index in [0.717, 1.165) is 6.26 Å². The lowest BCUT2D eigenvalue weighted by Crippen LogP contribution is -2.40. The molecule has 5 heteroatoms. The van der Waals surface area contributed by atoms with Gasteiger partial charge in [0.05, 0.1) is 6.10 Å². The molecule has 1 N–H and O–H groups in total. The van der Waals surface area contributed by atoms with E-state index in [1.165, 1.54) is 6.92 Å². The highest BCUT2D eigenvalue weighted by atomic mass is 79.9. The van der Waals surface area contributed by atoms with E-state index in [1.54, 1.807) is 6.92 Å². The smallest absolute Gasteiger partial charge is 0.165 e. The van der Waals surface area contributed by atoms with Crippen LogP contribution in [0.5, 0.6) is 0 Å². The molecule has 0 unspecified atom stereocenters. The Balaban J connectivity index is 4.92. The van der Waals surface area contributed by atoms with Crippen LogP contribution in [0.25, 0.3) is 0 Å². The maximum Gasteiger partial charge on any atom is 0.165 e. The first-order valence-electron chi connectivity index (χ1n) is 3.32. The third-order valence-corrected chi connectivity index (χ3v) is 6.57. The van der Waals surface area contributed by atoms with E-state index in [4.69, 9.17) is 0 Å². The standard InChI is InChI=1S/C6H13BrO3S/c1-4-6(7,5(2)8)11(3,9)10/h5,8H,4H2,1-3H3/t5-,6-/m0/s1. The summed E-state index contributed by atoms with van der Waals surface area (Å²) < 4.78 is 21.1. The van der Waals surface area contributed by atoms with Crippen LogP contribution in [0.4, 0.5) is 0 Å². The molecule has 0 aromatic heterocycles. The van der Waals surface area contributed by atoms with Gasteiger partial charge in [0.1, 0.15) is 0 Å². The average molecular weight is 245 g/mol. The summed E-state index contributed by atoms with van der Waals surface area (Å²) in [5.74, 6) is 0. The molecule has 0 aromatic rings. The van der Waals surface area contributed by atoms with Crippen molar-refractivity contribution in [3.63, 3.8) is 0 Å². The normalized spacial score (nSPS) is 20.8. The number of hydrogen-bond donors (Lipinski definition) is 1. The molecule has 0 heterocycles. The van der Waals surface area contributed by atoms with E-state index in [0.29, 0.717) is 6.42 Å². The third-order valence-electron chi connectivity index (χ3n) is 1.72. The van der Waals surface area contributed by atoms with Crippen molar-refractivity contribution >= 4 is 25.8 Å². The van der Waals surface area contributed by atoms with Gasteiger partial charge in [0.25, 0.3) is 0 Å². The number of halogens is 1. The van der Waals surface area contributed by atoms with Crippen molar-refractivity contribution in [2.24, 2.45) is 0 Å². The van der Waals surface area contributed by atoms with Gasteiger partial charge in [0.2, 0.25) is 0 Å². The number of aliphatic hydroxyl groups is 1. The summed E-state index contributed by atoms with van der Waals surface area (Å²) in [5, 5.41) is 9.18. The number of alkyl halides is 1. The van der Waals surface area contributed by atoms with Crippen molar-refractivity contribution in [3.8, 4) is 0 Å². The number of aliphatic hydroxyl groups excluding tert-OH is 1. The zero-order valence-corrected chi connectivity index (χ0v) is 9.24. The second-order valence-electron chi connectivity index (χ2n) is 2.59. The molecule has 0 saturated heterocycles. The van der Waals surface area contributed by atoms with Gasteiger partial charge < -0.3 is 5.11 Å². The predicted octanol–water partition coefficient (Wildman–Crippen LogP) is 0.913. The van der Waals surface area contributed by atoms with E-state index in [-0.39, 0.29) is 0 Å². The monoisotopic (exact) mass is 244 g/mol. The maximum absolute atomic E-state index is 11.1. The van der Waals surface area contributed by atoms with E-state index in [9.17, 15) is 13.5 Å². The van der Waals surface area contributed by atoms with Gasteiger partial charge in [-0.2, -0.15) is 0 Å². The Labute approximate surface area is 75.9 Å². The van der Waals surface area contributed by atoms with Crippen LogP contribution in [0.15, 0.2) is 0 Å². The van der Waals surface area contributed by atoms with Gasteiger partial charge in [-0.25, -0.2) is 8.42 Å². The van der Waals surface area contributed by atoms with E-state index in [1.807, 2.05) is 0 Å². The van der Waals surface area contributed by atoms with Crippen LogP contribution in [0.3, 0.4) is 0 Å². The van der Waals surface area contributed by atoms with Gasteiger partial charge in [0, 0.05) is 6.26 Å². The first-order valence-corrected chi connectivity index (χ1v) is 6.00. The van der Waals surface area contributed by atoms with Crippen LogP contribution in [0.1, 0.15) is 20.3 Å². The van der Waals surface area contributed by atoms with Gasteiger partial charge in [-0.3, -0.25) is 0 Å². The highest BCUT2D eigenvalue weighted by Crippen LogP contribution is 2.32. The van der Waals surface area contributed by atoms with Gasteiger partial charge >= 0.3 is 0 Å². The second kappa shape index (κ2) is 3.41. The van der Waals surface area contributed by atoms with Crippen molar-refractivity contribution in [2.75, 3.05) is 6.26 Å². The van der Waals surface area contributed by atoms with Gasteiger partial charge in [-0.05, 0) is 13.3 Å². The van der Waals surface area contributed by atoms with Gasteiger partial charge in [0.15, 0.2) is 13.5 Å². The largest absolute Gasteiger partial charge is 0.391 e. The predicted molar refractivity (Wildman–Crippen MR) is 48.5 cm³/mol. The quantitative estimate of drug-likeness (QED) is 0.752. The molecule has 0 fully saturated rings. The van der Waals surface area contributed by atoms with Crippen molar-refractivity contribution < 1.29 is 13.5 Å². The van der Waals surface area contributed by atoms with Crippen LogP contribution >= 0.6 is 15.9 Å². The Morgan fingerprint density at radius 3 is 2.00 bits per heavy atom. The summed E-state index contributed by atoms with van der Waals surface area (Å²) in [5.41, 5.74) is 0. The summed E-state index contributed by atoms with van der Waals surface area (Å²) in [4.78, 5) is 0. The molecule has 3 nitrogen and oxygen atoms in total. The maximum atomic E-state index is 11.1. The topological polar surface area (TPSA) is 54.4 Å². The minimum Gasteiger partial charge on any atom is -0.391 e. The van der Waals surface area contributed by atoms with Crippen LogP contribution in [-0.4, -0.2) is 29.5 Å². The molecule has 0 aromatic carbocycles. The molecule has 0 saturated carbocycles. The Morgan fingerprint density at radius 1 is 1.64 bits per heavy atom. The molecule has 2 atom stereocenters. The Morgan fingerprint density at radius 2 is 2.00 bits per heavy atom. The Bertz CT molecular complexity index is 222. The Kier molecular flexibility index (Phi) is 3.53. The van der Waals surface area contributed by atoms with Crippen molar-refractivity contribution in [2.45, 2.75) is 30.0 Å². The second-order valence-corrected chi connectivity index (χ2v) is 6.80. The van der Waals surface area contributed by atoms with Crippen LogP contribution in [0, 0.1) is 0 Å². The first-order chi connectivity index (χ1) is 4.75. The number of hydrogen-bond acceptors (Lipinski definition) is 3. The minimum absolute atomic E-state index is 0.351. The third kappa shape index (κ3) is 2.16. The van der Waals surface area contributed by atoms with Crippen molar-refractivity contribution in [1.29, 1.82) is 0 Å².